The molecule has 0 aromatic carbocycles. The Morgan fingerprint density at radius 2 is 1.93 bits per heavy atom. The molecular weight excluding hydrogens is 188 g/mol. The lowest BCUT2D eigenvalue weighted by molar-refractivity contribution is -0.133. The maximum atomic E-state index is 11.9. The Bertz CT molecular complexity index is 212. The van der Waals surface area contributed by atoms with E-state index >= 15 is 0 Å². The minimum Gasteiger partial charge on any atom is -0.343 e. The number of hydrogen-bond donors (Lipinski definition) is 1. The molecule has 0 aromatic heterocycles. The van der Waals surface area contributed by atoms with Crippen LogP contribution in [0.4, 0.5) is 0 Å². The summed E-state index contributed by atoms with van der Waals surface area (Å²) < 4.78 is 0. The molecule has 2 N–H and O–H groups in total. The average molecular weight is 212 g/mol. The van der Waals surface area contributed by atoms with E-state index in [1.54, 1.807) is 0 Å². The predicted octanol–water partition coefficient (Wildman–Crippen LogP) is 1.76. The molecular formula is C12H24N2O. The Kier molecular flexibility index (Phi) is 4.14. The van der Waals surface area contributed by atoms with Gasteiger partial charge in [-0.15, -0.1) is 0 Å². The molecule has 1 aliphatic heterocycles. The summed E-state index contributed by atoms with van der Waals surface area (Å²) in [6.07, 6.45) is 4.02. The Balaban J connectivity index is 2.37. The highest BCUT2D eigenvalue weighted by atomic mass is 16.2. The third-order valence-corrected chi connectivity index (χ3v) is 3.15. The van der Waals surface area contributed by atoms with Gasteiger partial charge in [-0.25, -0.2) is 0 Å². The van der Waals surface area contributed by atoms with E-state index in [0.717, 1.165) is 31.8 Å². The minimum atomic E-state index is -0.376. The van der Waals surface area contributed by atoms with Crippen LogP contribution in [0.1, 0.15) is 46.5 Å². The number of likely N-dealkylation sites (tertiary alicyclic amines) is 1. The maximum absolute atomic E-state index is 11.9. The summed E-state index contributed by atoms with van der Waals surface area (Å²) in [5, 5.41) is 0. The van der Waals surface area contributed by atoms with Crippen molar-refractivity contribution in [3.05, 3.63) is 0 Å². The van der Waals surface area contributed by atoms with Crippen molar-refractivity contribution < 1.29 is 4.79 Å². The third-order valence-electron chi connectivity index (χ3n) is 3.15. The van der Waals surface area contributed by atoms with Gasteiger partial charge >= 0.3 is 0 Å². The summed E-state index contributed by atoms with van der Waals surface area (Å²) in [5.41, 5.74) is 5.47. The van der Waals surface area contributed by atoms with Gasteiger partial charge in [0.2, 0.25) is 5.91 Å². The zero-order valence-electron chi connectivity index (χ0n) is 10.3. The van der Waals surface area contributed by atoms with Crippen LogP contribution in [0.2, 0.25) is 0 Å². The van der Waals surface area contributed by atoms with Crippen molar-refractivity contribution in [2.75, 3.05) is 13.1 Å². The third kappa shape index (κ3) is 4.20. The van der Waals surface area contributed by atoms with E-state index in [0.29, 0.717) is 6.42 Å². The van der Waals surface area contributed by atoms with Crippen LogP contribution >= 0.6 is 0 Å². The van der Waals surface area contributed by atoms with Crippen molar-refractivity contribution in [1.29, 1.82) is 0 Å². The number of carbonyl (C=O) groups excluding carboxylic acids is 1. The summed E-state index contributed by atoms with van der Waals surface area (Å²) in [6, 6.07) is 0. The lowest BCUT2D eigenvalue weighted by Gasteiger charge is -2.33. The topological polar surface area (TPSA) is 46.3 Å². The number of rotatable bonds is 3. The van der Waals surface area contributed by atoms with Crippen LogP contribution in [0.25, 0.3) is 0 Å². The Morgan fingerprint density at radius 3 is 2.33 bits per heavy atom. The van der Waals surface area contributed by atoms with Gasteiger partial charge in [0.25, 0.3) is 0 Å². The van der Waals surface area contributed by atoms with E-state index < -0.39 is 0 Å². The largest absolute Gasteiger partial charge is 0.343 e. The number of piperidine rings is 1. The van der Waals surface area contributed by atoms with E-state index in [9.17, 15) is 4.79 Å². The highest BCUT2D eigenvalue weighted by Gasteiger charge is 2.25. The van der Waals surface area contributed by atoms with Gasteiger partial charge in [-0.3, -0.25) is 4.79 Å². The normalized spacial score (nSPS) is 19.3. The molecule has 1 fully saturated rings. The second-order valence-corrected chi connectivity index (χ2v) is 5.40. The molecule has 0 saturated carbocycles. The van der Waals surface area contributed by atoms with Crippen LogP contribution in [-0.2, 0) is 4.79 Å². The van der Waals surface area contributed by atoms with Gasteiger partial charge in [0.1, 0.15) is 0 Å². The SMILES string of the molecule is CCC1CCN(C(=O)CC(C)(C)N)CC1. The second-order valence-electron chi connectivity index (χ2n) is 5.40. The Hall–Kier alpha value is -0.570. The van der Waals surface area contributed by atoms with Gasteiger partial charge in [-0.05, 0) is 32.6 Å². The maximum Gasteiger partial charge on any atom is 0.224 e. The molecule has 1 saturated heterocycles. The van der Waals surface area contributed by atoms with Crippen molar-refractivity contribution >= 4 is 5.91 Å². The summed E-state index contributed by atoms with van der Waals surface area (Å²) in [6.45, 7) is 7.89. The molecule has 1 heterocycles. The highest BCUT2D eigenvalue weighted by Crippen LogP contribution is 2.21. The summed E-state index contributed by atoms with van der Waals surface area (Å²) in [5.74, 6) is 1.04. The number of hydrogen-bond acceptors (Lipinski definition) is 2. The van der Waals surface area contributed by atoms with Gasteiger partial charge in [0, 0.05) is 25.0 Å². The smallest absolute Gasteiger partial charge is 0.224 e. The zero-order chi connectivity index (χ0) is 11.5. The van der Waals surface area contributed by atoms with Crippen molar-refractivity contribution in [3.8, 4) is 0 Å². The first-order chi connectivity index (χ1) is 6.92. The summed E-state index contributed by atoms with van der Waals surface area (Å²) in [4.78, 5) is 13.8. The molecule has 0 aromatic rings. The fourth-order valence-corrected chi connectivity index (χ4v) is 2.09. The fraction of sp³-hybridized carbons (Fsp3) is 0.917. The van der Waals surface area contributed by atoms with Gasteiger partial charge in [-0.1, -0.05) is 13.3 Å². The van der Waals surface area contributed by atoms with E-state index in [1.165, 1.54) is 6.42 Å². The van der Waals surface area contributed by atoms with E-state index in [4.69, 9.17) is 5.73 Å². The lowest BCUT2D eigenvalue weighted by Crippen LogP contribution is -2.44. The molecule has 3 heteroatoms. The van der Waals surface area contributed by atoms with Crippen molar-refractivity contribution in [2.24, 2.45) is 11.7 Å². The molecule has 3 nitrogen and oxygen atoms in total. The first-order valence-electron chi connectivity index (χ1n) is 5.99. The molecule has 0 aliphatic carbocycles. The fourth-order valence-electron chi connectivity index (χ4n) is 2.09. The quantitative estimate of drug-likeness (QED) is 0.775. The van der Waals surface area contributed by atoms with Gasteiger partial charge < -0.3 is 10.6 Å². The van der Waals surface area contributed by atoms with Gasteiger partial charge in [-0.2, -0.15) is 0 Å². The van der Waals surface area contributed by atoms with Crippen LogP contribution in [0.15, 0.2) is 0 Å². The number of amides is 1. The summed E-state index contributed by atoms with van der Waals surface area (Å²) >= 11 is 0. The molecule has 1 aliphatic rings. The van der Waals surface area contributed by atoms with Crippen molar-refractivity contribution in [3.63, 3.8) is 0 Å². The van der Waals surface area contributed by atoms with Gasteiger partial charge in [0.05, 0.1) is 0 Å². The van der Waals surface area contributed by atoms with Crippen molar-refractivity contribution in [1.82, 2.24) is 4.90 Å². The first kappa shape index (κ1) is 12.5. The standard InChI is InChI=1S/C12H24N2O/c1-4-10-5-7-14(8-6-10)11(15)9-12(2,3)13/h10H,4-9,13H2,1-3H3. The minimum absolute atomic E-state index is 0.219. The summed E-state index contributed by atoms with van der Waals surface area (Å²) in [7, 11) is 0. The van der Waals surface area contributed by atoms with Crippen LogP contribution < -0.4 is 5.73 Å². The molecule has 0 atom stereocenters. The van der Waals surface area contributed by atoms with E-state index in [1.807, 2.05) is 18.7 Å². The molecule has 0 bridgehead atoms. The predicted molar refractivity (Wildman–Crippen MR) is 62.5 cm³/mol. The van der Waals surface area contributed by atoms with Crippen LogP contribution in [0, 0.1) is 5.92 Å². The monoisotopic (exact) mass is 212 g/mol. The zero-order valence-corrected chi connectivity index (χ0v) is 10.3. The van der Waals surface area contributed by atoms with Crippen LogP contribution in [0.5, 0.6) is 0 Å². The molecule has 88 valence electrons. The Labute approximate surface area is 93.0 Å². The number of nitrogens with two attached hydrogens (primary N) is 1. The molecule has 1 rings (SSSR count). The number of carbonyl (C=O) groups is 1. The van der Waals surface area contributed by atoms with Crippen molar-refractivity contribution in [2.45, 2.75) is 52.0 Å². The second kappa shape index (κ2) is 4.97. The highest BCUT2D eigenvalue weighted by molar-refractivity contribution is 5.77. The first-order valence-corrected chi connectivity index (χ1v) is 5.99. The molecule has 0 spiro atoms. The van der Waals surface area contributed by atoms with Crippen LogP contribution in [-0.4, -0.2) is 29.4 Å². The molecule has 0 radical (unpaired) electrons. The van der Waals surface area contributed by atoms with Gasteiger partial charge in [0.15, 0.2) is 0 Å². The molecule has 15 heavy (non-hydrogen) atoms. The van der Waals surface area contributed by atoms with E-state index in [-0.39, 0.29) is 11.4 Å². The van der Waals surface area contributed by atoms with Crippen LogP contribution in [0.3, 0.4) is 0 Å². The Morgan fingerprint density at radius 1 is 1.40 bits per heavy atom. The molecule has 0 unspecified atom stereocenters. The van der Waals surface area contributed by atoms with E-state index in [2.05, 4.69) is 6.92 Å². The average Bonchev–Trinajstić information content (AvgIpc) is 2.15. The molecule has 1 amide bonds. The number of nitrogens with zero attached hydrogens (tertiary/aromatic N) is 1. The lowest BCUT2D eigenvalue weighted by atomic mass is 9.93.